The molecule has 0 saturated heterocycles. The number of benzene rings is 1. The van der Waals surface area contributed by atoms with E-state index >= 15 is 0 Å². The van der Waals surface area contributed by atoms with Gasteiger partial charge < -0.3 is 5.32 Å². The van der Waals surface area contributed by atoms with Gasteiger partial charge in [0.1, 0.15) is 5.82 Å². The van der Waals surface area contributed by atoms with Crippen LogP contribution < -0.4 is 5.32 Å². The van der Waals surface area contributed by atoms with Crippen LogP contribution in [0.15, 0.2) is 53.1 Å². The van der Waals surface area contributed by atoms with Gasteiger partial charge in [0, 0.05) is 16.1 Å². The number of aromatic nitrogens is 1. The Bertz CT molecular complexity index is 579. The third-order valence-corrected chi connectivity index (χ3v) is 3.54. The minimum atomic E-state index is -0.490. The molecule has 1 N–H and O–H groups in total. The van der Waals surface area contributed by atoms with Crippen LogP contribution >= 0.6 is 15.9 Å². The van der Waals surface area contributed by atoms with Crippen molar-refractivity contribution in [1.29, 1.82) is 0 Å². The number of carbonyl (C=O) groups is 1. The highest BCUT2D eigenvalue weighted by Gasteiger charge is 2.28. The van der Waals surface area contributed by atoms with Gasteiger partial charge in [0.15, 0.2) is 0 Å². The zero-order chi connectivity index (χ0) is 14.6. The summed E-state index contributed by atoms with van der Waals surface area (Å²) in [5, 5.41) is 2.86. The SMILES string of the molecule is CC(C)(Cc1ccccc1)C(=O)Nc1ccc(Br)cn1. The summed E-state index contributed by atoms with van der Waals surface area (Å²) in [6, 6.07) is 13.6. The van der Waals surface area contributed by atoms with Crippen molar-refractivity contribution in [2.24, 2.45) is 5.41 Å². The summed E-state index contributed by atoms with van der Waals surface area (Å²) >= 11 is 3.32. The largest absolute Gasteiger partial charge is 0.310 e. The molecule has 0 fully saturated rings. The van der Waals surface area contributed by atoms with Crippen molar-refractivity contribution in [2.75, 3.05) is 5.32 Å². The Hall–Kier alpha value is -1.68. The lowest BCUT2D eigenvalue weighted by atomic mass is 9.85. The van der Waals surface area contributed by atoms with Crippen molar-refractivity contribution in [3.63, 3.8) is 0 Å². The molecule has 0 radical (unpaired) electrons. The summed E-state index contributed by atoms with van der Waals surface area (Å²) in [6.07, 6.45) is 2.36. The van der Waals surface area contributed by atoms with Crippen molar-refractivity contribution in [3.8, 4) is 0 Å². The van der Waals surface area contributed by atoms with Gasteiger partial charge in [0.2, 0.25) is 5.91 Å². The molecule has 1 amide bonds. The second kappa shape index (κ2) is 6.18. The summed E-state index contributed by atoms with van der Waals surface area (Å²) in [7, 11) is 0. The van der Waals surface area contributed by atoms with Crippen molar-refractivity contribution in [1.82, 2.24) is 4.98 Å². The molecular formula is C16H17BrN2O. The van der Waals surface area contributed by atoms with E-state index in [0.717, 1.165) is 10.0 Å². The van der Waals surface area contributed by atoms with Crippen LogP contribution in [-0.4, -0.2) is 10.9 Å². The van der Waals surface area contributed by atoms with Gasteiger partial charge in [-0.2, -0.15) is 0 Å². The number of rotatable bonds is 4. The zero-order valence-corrected chi connectivity index (χ0v) is 13.1. The second-order valence-corrected chi connectivity index (χ2v) is 6.28. The quantitative estimate of drug-likeness (QED) is 0.917. The van der Waals surface area contributed by atoms with E-state index in [1.165, 1.54) is 0 Å². The van der Waals surface area contributed by atoms with Gasteiger partial charge in [-0.15, -0.1) is 0 Å². The van der Waals surface area contributed by atoms with Crippen LogP contribution in [0.3, 0.4) is 0 Å². The lowest BCUT2D eigenvalue weighted by molar-refractivity contribution is -0.123. The van der Waals surface area contributed by atoms with Crippen molar-refractivity contribution in [3.05, 3.63) is 58.7 Å². The number of pyridine rings is 1. The maximum Gasteiger partial charge on any atom is 0.231 e. The van der Waals surface area contributed by atoms with E-state index in [0.29, 0.717) is 12.2 Å². The maximum absolute atomic E-state index is 12.4. The minimum Gasteiger partial charge on any atom is -0.310 e. The van der Waals surface area contributed by atoms with Crippen LogP contribution in [0, 0.1) is 5.41 Å². The first-order valence-corrected chi connectivity index (χ1v) is 7.24. The number of anilines is 1. The third kappa shape index (κ3) is 3.90. The Morgan fingerprint density at radius 2 is 1.90 bits per heavy atom. The number of hydrogen-bond donors (Lipinski definition) is 1. The molecule has 0 spiro atoms. The van der Waals surface area contributed by atoms with Crippen LogP contribution in [0.2, 0.25) is 0 Å². The van der Waals surface area contributed by atoms with Crippen LogP contribution in [0.5, 0.6) is 0 Å². The van der Waals surface area contributed by atoms with E-state index in [9.17, 15) is 4.79 Å². The molecule has 3 nitrogen and oxygen atoms in total. The maximum atomic E-state index is 12.4. The fraction of sp³-hybridized carbons (Fsp3) is 0.250. The highest BCUT2D eigenvalue weighted by atomic mass is 79.9. The highest BCUT2D eigenvalue weighted by Crippen LogP contribution is 2.24. The van der Waals surface area contributed by atoms with Crippen LogP contribution in [0.1, 0.15) is 19.4 Å². The Balaban J connectivity index is 2.05. The lowest BCUT2D eigenvalue weighted by Gasteiger charge is -2.23. The third-order valence-electron chi connectivity index (χ3n) is 3.07. The molecular weight excluding hydrogens is 316 g/mol. The van der Waals surface area contributed by atoms with Crippen molar-refractivity contribution >= 4 is 27.7 Å². The number of hydrogen-bond acceptors (Lipinski definition) is 2. The molecule has 0 aliphatic heterocycles. The van der Waals surface area contributed by atoms with E-state index in [-0.39, 0.29) is 5.91 Å². The average Bonchev–Trinajstić information content (AvgIpc) is 2.42. The molecule has 0 unspecified atom stereocenters. The molecule has 0 saturated carbocycles. The molecule has 1 aromatic heterocycles. The number of carbonyl (C=O) groups excluding carboxylic acids is 1. The van der Waals surface area contributed by atoms with Crippen LogP contribution in [-0.2, 0) is 11.2 Å². The molecule has 1 heterocycles. The van der Waals surface area contributed by atoms with Gasteiger partial charge in [-0.3, -0.25) is 4.79 Å². The first kappa shape index (κ1) is 14.7. The smallest absolute Gasteiger partial charge is 0.231 e. The van der Waals surface area contributed by atoms with Gasteiger partial charge in [-0.25, -0.2) is 4.98 Å². The first-order valence-electron chi connectivity index (χ1n) is 6.44. The minimum absolute atomic E-state index is 0.0313. The normalized spacial score (nSPS) is 11.2. The van der Waals surface area contributed by atoms with E-state index in [2.05, 4.69) is 26.2 Å². The molecule has 20 heavy (non-hydrogen) atoms. The number of nitrogens with zero attached hydrogens (tertiary/aromatic N) is 1. The molecule has 0 aliphatic carbocycles. The van der Waals surface area contributed by atoms with Gasteiger partial charge in [-0.1, -0.05) is 44.2 Å². The van der Waals surface area contributed by atoms with Crippen molar-refractivity contribution < 1.29 is 4.79 Å². The van der Waals surface area contributed by atoms with Crippen molar-refractivity contribution in [2.45, 2.75) is 20.3 Å². The predicted octanol–water partition coefficient (Wildman–Crippen LogP) is 4.05. The van der Waals surface area contributed by atoms with Gasteiger partial charge in [0.05, 0.1) is 0 Å². The lowest BCUT2D eigenvalue weighted by Crippen LogP contribution is -2.33. The second-order valence-electron chi connectivity index (χ2n) is 5.36. The van der Waals surface area contributed by atoms with Gasteiger partial charge >= 0.3 is 0 Å². The monoisotopic (exact) mass is 332 g/mol. The van der Waals surface area contributed by atoms with E-state index in [1.54, 1.807) is 12.3 Å². The molecule has 4 heteroatoms. The molecule has 0 bridgehead atoms. The van der Waals surface area contributed by atoms with E-state index in [4.69, 9.17) is 0 Å². The van der Waals surface area contributed by atoms with Gasteiger partial charge in [0.25, 0.3) is 0 Å². The fourth-order valence-electron chi connectivity index (χ4n) is 1.92. The Morgan fingerprint density at radius 3 is 2.50 bits per heavy atom. The zero-order valence-electron chi connectivity index (χ0n) is 11.6. The standard InChI is InChI=1S/C16H17BrN2O/c1-16(2,10-12-6-4-3-5-7-12)15(20)19-14-9-8-13(17)11-18-14/h3-9,11H,10H2,1-2H3,(H,18,19,20). The van der Waals surface area contributed by atoms with Crippen LogP contribution in [0.4, 0.5) is 5.82 Å². The summed E-state index contributed by atoms with van der Waals surface area (Å²) in [4.78, 5) is 16.5. The Kier molecular flexibility index (Phi) is 4.55. The molecule has 0 atom stereocenters. The summed E-state index contributed by atoms with van der Waals surface area (Å²) in [6.45, 7) is 3.88. The topological polar surface area (TPSA) is 42.0 Å². The summed E-state index contributed by atoms with van der Waals surface area (Å²) in [5.74, 6) is 0.538. The number of amides is 1. The fourth-order valence-corrected chi connectivity index (χ4v) is 2.16. The summed E-state index contributed by atoms with van der Waals surface area (Å²) in [5.41, 5.74) is 0.659. The van der Waals surface area contributed by atoms with E-state index in [1.807, 2.05) is 50.2 Å². The van der Waals surface area contributed by atoms with Crippen LogP contribution in [0.25, 0.3) is 0 Å². The summed E-state index contributed by atoms with van der Waals surface area (Å²) < 4.78 is 0.888. The Morgan fingerprint density at radius 1 is 1.20 bits per heavy atom. The molecule has 1 aromatic carbocycles. The Labute approximate surface area is 127 Å². The molecule has 2 aromatic rings. The molecule has 0 aliphatic rings. The first-order chi connectivity index (χ1) is 9.47. The number of nitrogens with one attached hydrogen (secondary N) is 1. The average molecular weight is 333 g/mol. The van der Waals surface area contributed by atoms with E-state index < -0.39 is 5.41 Å². The van der Waals surface area contributed by atoms with Gasteiger partial charge in [-0.05, 0) is 40.0 Å². The predicted molar refractivity (Wildman–Crippen MR) is 84.5 cm³/mol. The highest BCUT2D eigenvalue weighted by molar-refractivity contribution is 9.10. The number of halogens is 1. The molecule has 2 rings (SSSR count). The molecule has 104 valence electrons.